The fraction of sp³-hybridized carbons (Fsp3) is 0.148. The van der Waals surface area contributed by atoms with Crippen LogP contribution in [0.5, 0.6) is 11.5 Å². The second-order valence-corrected chi connectivity index (χ2v) is 8.69. The third-order valence-electron chi connectivity index (χ3n) is 5.92. The normalized spacial score (nSPS) is 16.6. The number of hydrogen-bond donors (Lipinski definition) is 1. The number of hydrogen-bond acceptors (Lipinski definition) is 7. The summed E-state index contributed by atoms with van der Waals surface area (Å²) in [6.45, 7) is 0. The number of benzene rings is 3. The molecule has 0 aromatic heterocycles. The first-order valence-electron chi connectivity index (χ1n) is 10.9. The summed E-state index contributed by atoms with van der Waals surface area (Å²) in [5.41, 5.74) is 0.985. The van der Waals surface area contributed by atoms with Crippen LogP contribution in [0.1, 0.15) is 27.5 Å². The summed E-state index contributed by atoms with van der Waals surface area (Å²) in [4.78, 5) is 39.8. The lowest BCUT2D eigenvalue weighted by atomic mass is 9.94. The molecule has 1 heterocycles. The van der Waals surface area contributed by atoms with Gasteiger partial charge in [0.05, 0.1) is 49.1 Å². The predicted molar refractivity (Wildman–Crippen MR) is 139 cm³/mol. The quantitative estimate of drug-likeness (QED) is 0.192. The van der Waals surface area contributed by atoms with Crippen LogP contribution in [-0.4, -0.2) is 44.1 Å². The Labute approximate surface area is 222 Å². The smallest absolute Gasteiger partial charge is 0.337 e. The van der Waals surface area contributed by atoms with E-state index in [-0.39, 0.29) is 38.2 Å². The van der Waals surface area contributed by atoms with Gasteiger partial charge in [-0.1, -0.05) is 53.5 Å². The second kappa shape index (κ2) is 10.5. The number of esters is 1. The maximum atomic E-state index is 13.4. The molecule has 190 valence electrons. The minimum absolute atomic E-state index is 0.0112. The average Bonchev–Trinajstić information content (AvgIpc) is 3.18. The largest absolute Gasteiger partial charge is 0.507 e. The third kappa shape index (κ3) is 4.50. The maximum absolute atomic E-state index is 13.4. The number of aliphatic hydroxyl groups excluding tert-OH is 1. The summed E-state index contributed by atoms with van der Waals surface area (Å²) < 4.78 is 15.3. The number of methoxy groups -OCH3 is 3. The molecule has 3 aromatic rings. The zero-order valence-corrected chi connectivity index (χ0v) is 21.5. The zero-order valence-electron chi connectivity index (χ0n) is 20.0. The Morgan fingerprint density at radius 2 is 1.54 bits per heavy atom. The molecule has 1 atom stereocenters. The summed E-state index contributed by atoms with van der Waals surface area (Å²) in [6, 6.07) is 15.1. The van der Waals surface area contributed by atoms with Crippen LogP contribution in [0, 0.1) is 0 Å². The molecule has 1 aliphatic rings. The van der Waals surface area contributed by atoms with Crippen LogP contribution in [0.3, 0.4) is 0 Å². The van der Waals surface area contributed by atoms with Gasteiger partial charge in [-0.25, -0.2) is 4.79 Å². The van der Waals surface area contributed by atoms with E-state index in [4.69, 9.17) is 37.4 Å². The molecule has 0 aliphatic carbocycles. The van der Waals surface area contributed by atoms with E-state index >= 15 is 0 Å². The van der Waals surface area contributed by atoms with Crippen LogP contribution in [0.2, 0.25) is 10.0 Å². The third-order valence-corrected chi connectivity index (χ3v) is 6.55. The van der Waals surface area contributed by atoms with Gasteiger partial charge in [-0.2, -0.15) is 0 Å². The molecule has 1 saturated heterocycles. The minimum atomic E-state index is -1.01. The number of anilines is 1. The summed E-state index contributed by atoms with van der Waals surface area (Å²) >= 11 is 12.7. The summed E-state index contributed by atoms with van der Waals surface area (Å²) in [7, 11) is 3.97. The van der Waals surface area contributed by atoms with Gasteiger partial charge in [-0.05, 0) is 35.9 Å². The SMILES string of the molecule is COC(=O)c1ccc(N2C(=O)C(=O)/C(=C(/O)c3cc(Cl)c(OC)c(Cl)c3OC)C2c2ccccc2)cc1. The topological polar surface area (TPSA) is 102 Å². The number of ether oxygens (including phenoxy) is 3. The molecule has 1 unspecified atom stereocenters. The van der Waals surface area contributed by atoms with Gasteiger partial charge in [0.1, 0.15) is 10.8 Å². The van der Waals surface area contributed by atoms with Crippen molar-refractivity contribution in [2.45, 2.75) is 6.04 Å². The predicted octanol–water partition coefficient (Wildman–Crippen LogP) is 5.42. The fourth-order valence-corrected chi connectivity index (χ4v) is 4.90. The molecule has 0 radical (unpaired) electrons. The lowest BCUT2D eigenvalue weighted by Gasteiger charge is -2.25. The first kappa shape index (κ1) is 26.1. The van der Waals surface area contributed by atoms with Crippen LogP contribution in [0.15, 0.2) is 66.2 Å². The van der Waals surface area contributed by atoms with E-state index in [9.17, 15) is 19.5 Å². The number of rotatable bonds is 6. The Hall–Kier alpha value is -4.01. The highest BCUT2D eigenvalue weighted by atomic mass is 35.5. The first-order valence-corrected chi connectivity index (χ1v) is 11.6. The molecule has 0 spiro atoms. The molecular weight excluding hydrogens is 521 g/mol. The molecule has 1 amide bonds. The van der Waals surface area contributed by atoms with Crippen molar-refractivity contribution in [2.75, 3.05) is 26.2 Å². The van der Waals surface area contributed by atoms with E-state index in [1.165, 1.54) is 56.6 Å². The number of nitrogens with zero attached hydrogens (tertiary/aromatic N) is 1. The Kier molecular flexibility index (Phi) is 7.42. The molecule has 4 rings (SSSR count). The number of carbonyl (C=O) groups excluding carboxylic acids is 3. The van der Waals surface area contributed by atoms with Gasteiger partial charge in [0.15, 0.2) is 11.5 Å². The molecular formula is C27H21Cl2NO7. The highest BCUT2D eigenvalue weighted by molar-refractivity contribution is 6.52. The van der Waals surface area contributed by atoms with E-state index in [1.807, 2.05) is 0 Å². The summed E-state index contributed by atoms with van der Waals surface area (Å²) in [6.07, 6.45) is 0. The van der Waals surface area contributed by atoms with Crippen molar-refractivity contribution in [3.05, 3.63) is 93.0 Å². The van der Waals surface area contributed by atoms with Gasteiger partial charge in [0, 0.05) is 5.69 Å². The summed E-state index contributed by atoms with van der Waals surface area (Å²) in [5, 5.41) is 11.5. The average molecular weight is 542 g/mol. The van der Waals surface area contributed by atoms with E-state index < -0.39 is 29.5 Å². The second-order valence-electron chi connectivity index (χ2n) is 7.90. The van der Waals surface area contributed by atoms with Crippen LogP contribution in [0.4, 0.5) is 5.69 Å². The Morgan fingerprint density at radius 3 is 2.11 bits per heavy atom. The Bertz CT molecular complexity index is 1420. The van der Waals surface area contributed by atoms with Crippen molar-refractivity contribution < 1.29 is 33.7 Å². The van der Waals surface area contributed by atoms with Crippen molar-refractivity contribution in [3.8, 4) is 11.5 Å². The number of aliphatic hydroxyl groups is 1. The minimum Gasteiger partial charge on any atom is -0.507 e. The fourth-order valence-electron chi connectivity index (χ4n) is 4.22. The summed E-state index contributed by atoms with van der Waals surface area (Å²) in [5.74, 6) is -2.72. The number of Topliss-reactive ketones (excluding diaryl/α,β-unsaturated/α-hetero) is 1. The molecule has 37 heavy (non-hydrogen) atoms. The first-order chi connectivity index (χ1) is 17.7. The molecule has 10 heteroatoms. The van der Waals surface area contributed by atoms with Gasteiger partial charge in [0.2, 0.25) is 0 Å². The van der Waals surface area contributed by atoms with Gasteiger partial charge >= 0.3 is 5.97 Å². The van der Waals surface area contributed by atoms with Crippen molar-refractivity contribution >= 4 is 52.3 Å². The molecule has 8 nitrogen and oxygen atoms in total. The maximum Gasteiger partial charge on any atom is 0.337 e. The number of amides is 1. The molecule has 1 N–H and O–H groups in total. The van der Waals surface area contributed by atoms with Gasteiger partial charge in [-0.3, -0.25) is 14.5 Å². The van der Waals surface area contributed by atoms with E-state index in [0.717, 1.165) is 0 Å². The van der Waals surface area contributed by atoms with Crippen molar-refractivity contribution in [1.29, 1.82) is 0 Å². The van der Waals surface area contributed by atoms with Crippen molar-refractivity contribution in [1.82, 2.24) is 0 Å². The van der Waals surface area contributed by atoms with Crippen molar-refractivity contribution in [2.24, 2.45) is 0 Å². The highest BCUT2D eigenvalue weighted by Crippen LogP contribution is 2.48. The molecule has 1 aliphatic heterocycles. The van der Waals surface area contributed by atoms with E-state index in [2.05, 4.69) is 0 Å². The van der Waals surface area contributed by atoms with Crippen LogP contribution < -0.4 is 14.4 Å². The standard InChI is InChI=1S/C27H21Cl2NO7/c1-35-24-17(13-18(28)25(36-2)20(24)29)22(31)19-21(14-7-5-4-6-8-14)30(26(33)23(19)32)16-11-9-15(10-12-16)27(34)37-3/h4-13,21,31H,1-3H3/b22-19+. The zero-order chi connectivity index (χ0) is 26.9. The van der Waals surface area contributed by atoms with Crippen LogP contribution in [-0.2, 0) is 14.3 Å². The van der Waals surface area contributed by atoms with Gasteiger partial charge in [0.25, 0.3) is 11.7 Å². The number of carbonyl (C=O) groups is 3. The highest BCUT2D eigenvalue weighted by Gasteiger charge is 2.47. The molecule has 0 bridgehead atoms. The number of halogens is 2. The van der Waals surface area contributed by atoms with Crippen LogP contribution >= 0.6 is 23.2 Å². The van der Waals surface area contributed by atoms with Gasteiger partial charge < -0.3 is 19.3 Å². The monoisotopic (exact) mass is 541 g/mol. The molecule has 1 fully saturated rings. The molecule has 3 aromatic carbocycles. The van der Waals surface area contributed by atoms with E-state index in [0.29, 0.717) is 11.3 Å². The Morgan fingerprint density at radius 1 is 0.919 bits per heavy atom. The molecule has 0 saturated carbocycles. The van der Waals surface area contributed by atoms with Gasteiger partial charge in [-0.15, -0.1) is 0 Å². The lowest BCUT2D eigenvalue weighted by Crippen LogP contribution is -2.29. The van der Waals surface area contributed by atoms with Crippen molar-refractivity contribution in [3.63, 3.8) is 0 Å². The Balaban J connectivity index is 1.96. The van der Waals surface area contributed by atoms with E-state index in [1.54, 1.807) is 30.3 Å². The lowest BCUT2D eigenvalue weighted by molar-refractivity contribution is -0.132. The van der Waals surface area contributed by atoms with Crippen LogP contribution in [0.25, 0.3) is 5.76 Å². The number of ketones is 1.